The molecule has 13 heteroatoms. The second-order valence-corrected chi connectivity index (χ2v) is 8.93. The number of aliphatic carboxylic acids is 1. The smallest absolute Gasteiger partial charge is 0.326 e. The minimum absolute atomic E-state index is 0.0853. The number of hydrogen-bond donors (Lipinski definition) is 8. The van der Waals surface area contributed by atoms with Crippen LogP contribution >= 0.6 is 12.6 Å². The van der Waals surface area contributed by atoms with Crippen molar-refractivity contribution in [2.24, 2.45) is 11.5 Å². The van der Waals surface area contributed by atoms with Crippen molar-refractivity contribution >= 4 is 36.3 Å². The van der Waals surface area contributed by atoms with Crippen LogP contribution in [-0.2, 0) is 32.0 Å². The second-order valence-electron chi connectivity index (χ2n) is 8.57. The third kappa shape index (κ3) is 10.2. The van der Waals surface area contributed by atoms with E-state index in [1.807, 2.05) is 6.07 Å². The summed E-state index contributed by atoms with van der Waals surface area (Å²) in [4.78, 5) is 57.1. The molecule has 0 aliphatic carbocycles. The van der Waals surface area contributed by atoms with Crippen molar-refractivity contribution in [1.82, 2.24) is 25.9 Å². The molecule has 0 radical (unpaired) electrons. The first kappa shape index (κ1) is 29.8. The van der Waals surface area contributed by atoms with Crippen molar-refractivity contribution in [1.29, 1.82) is 0 Å². The fraction of sp³-hybridized carbons (Fsp3) is 0.458. The van der Waals surface area contributed by atoms with Gasteiger partial charge in [0.1, 0.15) is 18.1 Å². The molecule has 0 fully saturated rings. The van der Waals surface area contributed by atoms with E-state index < -0.39 is 47.9 Å². The summed E-state index contributed by atoms with van der Waals surface area (Å²) >= 11 is 4.15. The highest BCUT2D eigenvalue weighted by Crippen LogP contribution is 2.07. The molecule has 4 atom stereocenters. The number of nitrogens with two attached hydrogens (primary N) is 2. The van der Waals surface area contributed by atoms with Gasteiger partial charge in [-0.1, -0.05) is 30.3 Å². The Balaban J connectivity index is 2.09. The predicted octanol–water partition coefficient (Wildman–Crippen LogP) is -0.880. The number of carboxylic acids is 1. The van der Waals surface area contributed by atoms with Crippen molar-refractivity contribution < 1.29 is 24.3 Å². The molecule has 0 aliphatic heterocycles. The maximum atomic E-state index is 13.2. The summed E-state index contributed by atoms with van der Waals surface area (Å²) in [6.45, 7) is 0.412. The van der Waals surface area contributed by atoms with Crippen molar-refractivity contribution in [3.63, 3.8) is 0 Å². The maximum absolute atomic E-state index is 13.2. The molecule has 1 aromatic heterocycles. The highest BCUT2D eigenvalue weighted by atomic mass is 32.1. The first-order chi connectivity index (χ1) is 17.7. The summed E-state index contributed by atoms with van der Waals surface area (Å²) in [6, 6.07) is 4.80. The van der Waals surface area contributed by atoms with E-state index in [0.29, 0.717) is 25.1 Å². The molecule has 0 bridgehead atoms. The highest BCUT2D eigenvalue weighted by Gasteiger charge is 2.30. The van der Waals surface area contributed by atoms with Crippen LogP contribution in [0.4, 0.5) is 0 Å². The van der Waals surface area contributed by atoms with Gasteiger partial charge in [0, 0.05) is 30.5 Å². The molecular formula is C24H35N7O5S. The van der Waals surface area contributed by atoms with Gasteiger partial charge in [0.25, 0.3) is 0 Å². The van der Waals surface area contributed by atoms with Gasteiger partial charge >= 0.3 is 5.97 Å². The highest BCUT2D eigenvalue weighted by molar-refractivity contribution is 7.80. The summed E-state index contributed by atoms with van der Waals surface area (Å²) in [5, 5.41) is 17.1. The van der Waals surface area contributed by atoms with Crippen LogP contribution in [0.25, 0.3) is 0 Å². The van der Waals surface area contributed by atoms with E-state index in [1.165, 1.54) is 6.33 Å². The molecule has 2 aromatic rings. The lowest BCUT2D eigenvalue weighted by molar-refractivity contribution is -0.142. The Labute approximate surface area is 220 Å². The number of H-pyrrole nitrogens is 1. The SMILES string of the molecule is NCCCCC(NC(=O)C(CS)NC(=O)C(Cc1ccccc1)NC(=O)C(N)Cc1cnc[nH]1)C(=O)O. The van der Waals surface area contributed by atoms with Gasteiger partial charge in [0.05, 0.1) is 12.4 Å². The van der Waals surface area contributed by atoms with E-state index in [2.05, 4.69) is 38.5 Å². The standard InChI is InChI=1S/C24H35N7O5S/c25-9-5-4-8-18(24(35)36)29-23(34)20(13-37)31-22(33)19(10-15-6-2-1-3-7-15)30-21(32)17(26)11-16-12-27-14-28-16/h1-3,6-7,12,14,17-20,37H,4-5,8-11,13,25-26H2,(H,27,28)(H,29,34)(H,30,32)(H,31,33)(H,35,36). The van der Waals surface area contributed by atoms with Crippen LogP contribution in [0.1, 0.15) is 30.5 Å². The number of amides is 3. The van der Waals surface area contributed by atoms with Crippen LogP contribution in [0, 0.1) is 0 Å². The van der Waals surface area contributed by atoms with E-state index in [0.717, 1.165) is 5.56 Å². The molecule has 0 aliphatic rings. The van der Waals surface area contributed by atoms with Gasteiger partial charge in [0.2, 0.25) is 17.7 Å². The number of aromatic nitrogens is 2. The Bertz CT molecular complexity index is 1010. The number of thiol groups is 1. The second kappa shape index (κ2) is 15.6. The third-order valence-electron chi connectivity index (χ3n) is 5.62. The minimum Gasteiger partial charge on any atom is -0.480 e. The van der Waals surface area contributed by atoms with Crippen LogP contribution in [0.5, 0.6) is 0 Å². The summed E-state index contributed by atoms with van der Waals surface area (Å²) in [7, 11) is 0. The number of unbranched alkanes of at least 4 members (excludes halogenated alkanes) is 1. The van der Waals surface area contributed by atoms with E-state index >= 15 is 0 Å². The van der Waals surface area contributed by atoms with Crippen LogP contribution in [0.2, 0.25) is 0 Å². The number of carbonyl (C=O) groups excluding carboxylic acids is 3. The largest absolute Gasteiger partial charge is 0.480 e. The van der Waals surface area contributed by atoms with Gasteiger partial charge < -0.3 is 37.5 Å². The molecular weight excluding hydrogens is 498 g/mol. The van der Waals surface area contributed by atoms with Crippen LogP contribution < -0.4 is 27.4 Å². The molecule has 12 nitrogen and oxygen atoms in total. The zero-order chi connectivity index (χ0) is 27.2. The first-order valence-electron chi connectivity index (χ1n) is 12.0. The Morgan fingerprint density at radius 2 is 1.59 bits per heavy atom. The maximum Gasteiger partial charge on any atom is 0.326 e. The average Bonchev–Trinajstić information content (AvgIpc) is 3.39. The lowest BCUT2D eigenvalue weighted by Crippen LogP contribution is -2.58. The monoisotopic (exact) mass is 533 g/mol. The van der Waals surface area contributed by atoms with E-state index in [4.69, 9.17) is 11.5 Å². The van der Waals surface area contributed by atoms with E-state index in [-0.39, 0.29) is 25.0 Å². The Kier molecular flexibility index (Phi) is 12.6. The normalized spacial score (nSPS) is 14.1. The van der Waals surface area contributed by atoms with Crippen molar-refractivity contribution in [2.75, 3.05) is 12.3 Å². The van der Waals surface area contributed by atoms with Gasteiger partial charge in [-0.15, -0.1) is 0 Å². The number of carbonyl (C=O) groups is 4. The minimum atomic E-state index is -1.19. The number of nitrogens with zero attached hydrogens (tertiary/aromatic N) is 1. The molecule has 9 N–H and O–H groups in total. The zero-order valence-electron chi connectivity index (χ0n) is 20.4. The molecule has 37 heavy (non-hydrogen) atoms. The van der Waals surface area contributed by atoms with Gasteiger partial charge in [0.15, 0.2) is 0 Å². The molecule has 0 spiro atoms. The lowest BCUT2D eigenvalue weighted by Gasteiger charge is -2.24. The van der Waals surface area contributed by atoms with Crippen LogP contribution in [0.15, 0.2) is 42.9 Å². The molecule has 202 valence electrons. The number of carboxylic acid groups (broad SMARTS) is 1. The molecule has 1 aromatic carbocycles. The molecule has 2 rings (SSSR count). The number of imidazole rings is 1. The van der Waals surface area contributed by atoms with Gasteiger partial charge in [-0.2, -0.15) is 12.6 Å². The lowest BCUT2D eigenvalue weighted by atomic mass is 10.0. The number of hydrogen-bond acceptors (Lipinski definition) is 8. The molecule has 3 amide bonds. The number of aromatic amines is 1. The summed E-state index contributed by atoms with van der Waals surface area (Å²) in [6.07, 6.45) is 4.71. The molecule has 1 heterocycles. The Hall–Kier alpha value is -3.42. The molecule has 0 saturated carbocycles. The van der Waals surface area contributed by atoms with Crippen molar-refractivity contribution in [2.45, 2.75) is 56.3 Å². The number of rotatable bonds is 16. The topological polar surface area (TPSA) is 205 Å². The third-order valence-corrected chi connectivity index (χ3v) is 5.99. The predicted molar refractivity (Wildman–Crippen MR) is 141 cm³/mol. The summed E-state index contributed by atoms with van der Waals surface area (Å²) < 4.78 is 0. The van der Waals surface area contributed by atoms with Crippen molar-refractivity contribution in [3.8, 4) is 0 Å². The Morgan fingerprint density at radius 1 is 0.946 bits per heavy atom. The average molecular weight is 534 g/mol. The van der Waals surface area contributed by atoms with Crippen LogP contribution in [-0.4, -0.2) is 75.2 Å². The van der Waals surface area contributed by atoms with E-state index in [9.17, 15) is 24.3 Å². The van der Waals surface area contributed by atoms with Gasteiger partial charge in [-0.05, 0) is 31.4 Å². The fourth-order valence-corrected chi connectivity index (χ4v) is 3.81. The van der Waals surface area contributed by atoms with Gasteiger partial charge in [-0.3, -0.25) is 14.4 Å². The van der Waals surface area contributed by atoms with E-state index in [1.54, 1.807) is 30.5 Å². The Morgan fingerprint density at radius 3 is 2.19 bits per heavy atom. The fourth-order valence-electron chi connectivity index (χ4n) is 3.55. The number of nitrogens with one attached hydrogen (secondary N) is 4. The summed E-state index contributed by atoms with van der Waals surface area (Å²) in [5.74, 6) is -3.14. The first-order valence-corrected chi connectivity index (χ1v) is 12.6. The van der Waals surface area contributed by atoms with Gasteiger partial charge in [-0.25, -0.2) is 9.78 Å². The quantitative estimate of drug-likeness (QED) is 0.100. The zero-order valence-corrected chi connectivity index (χ0v) is 21.3. The molecule has 0 saturated heterocycles. The number of benzene rings is 1. The molecule has 4 unspecified atom stereocenters. The van der Waals surface area contributed by atoms with Crippen molar-refractivity contribution in [3.05, 3.63) is 54.1 Å². The summed E-state index contributed by atoms with van der Waals surface area (Å²) in [5.41, 5.74) is 12.9. The van der Waals surface area contributed by atoms with Crippen LogP contribution in [0.3, 0.4) is 0 Å².